The van der Waals surface area contributed by atoms with Gasteiger partial charge in [0.05, 0.1) is 6.54 Å². The van der Waals surface area contributed by atoms with E-state index in [1.54, 1.807) is 0 Å². The van der Waals surface area contributed by atoms with Crippen LogP contribution in [0.1, 0.15) is 5.56 Å². The number of carbonyl (C=O) groups excluding carboxylic acids is 1. The maximum atomic E-state index is 12.3. The molecule has 4 nitrogen and oxygen atoms in total. The first kappa shape index (κ1) is 15.4. The number of rotatable bonds is 4. The van der Waals surface area contributed by atoms with E-state index in [-0.39, 0.29) is 5.91 Å². The Morgan fingerprint density at radius 3 is 2.30 bits per heavy atom. The second-order valence-electron chi connectivity index (χ2n) is 5.87. The van der Waals surface area contributed by atoms with Crippen LogP contribution >= 0.6 is 0 Å². The highest BCUT2D eigenvalue weighted by Crippen LogP contribution is 2.20. The lowest BCUT2D eigenvalue weighted by atomic mass is 10.1. The maximum absolute atomic E-state index is 12.3. The van der Waals surface area contributed by atoms with Crippen molar-refractivity contribution in [3.05, 3.63) is 60.2 Å². The predicted octanol–water partition coefficient (Wildman–Crippen LogP) is 2.76. The van der Waals surface area contributed by atoms with Crippen LogP contribution in [0.5, 0.6) is 0 Å². The third kappa shape index (κ3) is 3.83. The van der Waals surface area contributed by atoms with E-state index in [4.69, 9.17) is 0 Å². The van der Waals surface area contributed by atoms with Crippen LogP contribution in [0, 0.1) is 6.92 Å². The van der Waals surface area contributed by atoms with Crippen molar-refractivity contribution in [2.75, 3.05) is 42.9 Å². The molecule has 0 spiro atoms. The molecule has 0 bridgehead atoms. The third-order valence-electron chi connectivity index (χ3n) is 4.31. The first-order valence-electron chi connectivity index (χ1n) is 8.11. The van der Waals surface area contributed by atoms with Crippen LogP contribution in [0.2, 0.25) is 0 Å². The lowest BCUT2D eigenvalue weighted by Crippen LogP contribution is -2.50. The van der Waals surface area contributed by atoms with Gasteiger partial charge in [-0.15, -0.1) is 0 Å². The van der Waals surface area contributed by atoms with E-state index in [9.17, 15) is 4.79 Å². The number of carbonyl (C=O) groups is 1. The lowest BCUT2D eigenvalue weighted by molar-refractivity contribution is -0.129. The highest BCUT2D eigenvalue weighted by Gasteiger charge is 2.21. The molecule has 23 heavy (non-hydrogen) atoms. The normalized spacial score (nSPS) is 14.7. The third-order valence-corrected chi connectivity index (χ3v) is 4.31. The van der Waals surface area contributed by atoms with E-state index in [0.29, 0.717) is 6.54 Å². The Bertz CT molecular complexity index is 649. The molecule has 2 aromatic carbocycles. The van der Waals surface area contributed by atoms with Crippen LogP contribution in [-0.2, 0) is 4.79 Å². The second kappa shape index (κ2) is 7.18. The van der Waals surface area contributed by atoms with Gasteiger partial charge in [0.2, 0.25) is 5.91 Å². The Balaban J connectivity index is 1.50. The van der Waals surface area contributed by atoms with Crippen LogP contribution in [0.25, 0.3) is 0 Å². The van der Waals surface area contributed by atoms with Crippen molar-refractivity contribution >= 4 is 17.3 Å². The number of hydrogen-bond donors (Lipinski definition) is 1. The average Bonchev–Trinajstić information content (AvgIpc) is 2.61. The van der Waals surface area contributed by atoms with Crippen LogP contribution in [-0.4, -0.2) is 43.5 Å². The monoisotopic (exact) mass is 309 g/mol. The van der Waals surface area contributed by atoms with Gasteiger partial charge in [0.15, 0.2) is 0 Å². The number of para-hydroxylation sites is 2. The number of anilines is 2. The molecule has 4 heteroatoms. The van der Waals surface area contributed by atoms with Crippen molar-refractivity contribution < 1.29 is 4.79 Å². The number of nitrogens with one attached hydrogen (secondary N) is 1. The summed E-state index contributed by atoms with van der Waals surface area (Å²) >= 11 is 0. The first-order chi connectivity index (χ1) is 11.2. The van der Waals surface area contributed by atoms with E-state index < -0.39 is 0 Å². The zero-order valence-corrected chi connectivity index (χ0v) is 13.5. The molecule has 0 aromatic heterocycles. The van der Waals surface area contributed by atoms with Crippen molar-refractivity contribution in [3.63, 3.8) is 0 Å². The number of amides is 1. The molecule has 1 heterocycles. The topological polar surface area (TPSA) is 35.6 Å². The Kier molecular flexibility index (Phi) is 4.81. The summed E-state index contributed by atoms with van der Waals surface area (Å²) in [6.45, 7) is 5.84. The van der Waals surface area contributed by atoms with Gasteiger partial charge in [0.1, 0.15) is 0 Å². The molecule has 1 amide bonds. The minimum Gasteiger partial charge on any atom is -0.376 e. The highest BCUT2D eigenvalue weighted by molar-refractivity contribution is 5.81. The predicted molar refractivity (Wildman–Crippen MR) is 94.9 cm³/mol. The molecule has 1 saturated heterocycles. The van der Waals surface area contributed by atoms with Crippen molar-refractivity contribution in [1.82, 2.24) is 4.90 Å². The van der Waals surface area contributed by atoms with Gasteiger partial charge in [-0.25, -0.2) is 0 Å². The van der Waals surface area contributed by atoms with Gasteiger partial charge in [0, 0.05) is 37.6 Å². The van der Waals surface area contributed by atoms with E-state index in [1.807, 2.05) is 35.2 Å². The molecule has 1 N–H and O–H groups in total. The fraction of sp³-hybridized carbons (Fsp3) is 0.316. The number of piperazine rings is 1. The standard InChI is InChI=1S/C19H23N3O/c1-16-7-5-6-10-18(16)21-11-13-22(14-12-21)19(23)15-20-17-8-3-2-4-9-17/h2-10,20H,11-15H2,1H3. The number of aryl methyl sites for hydroxylation is 1. The van der Waals surface area contributed by atoms with Crippen LogP contribution in [0.3, 0.4) is 0 Å². The van der Waals surface area contributed by atoms with Gasteiger partial charge in [-0.3, -0.25) is 4.79 Å². The molecule has 0 unspecified atom stereocenters. The fourth-order valence-electron chi connectivity index (χ4n) is 2.96. The molecule has 0 atom stereocenters. The summed E-state index contributed by atoms with van der Waals surface area (Å²) in [5.41, 5.74) is 3.56. The molecule has 0 aliphatic carbocycles. The molecule has 0 saturated carbocycles. The molecule has 1 aliphatic rings. The molecular formula is C19H23N3O. The van der Waals surface area contributed by atoms with E-state index in [0.717, 1.165) is 31.9 Å². The fourth-order valence-corrected chi connectivity index (χ4v) is 2.96. The highest BCUT2D eigenvalue weighted by atomic mass is 16.2. The van der Waals surface area contributed by atoms with Gasteiger partial charge >= 0.3 is 0 Å². The van der Waals surface area contributed by atoms with Gasteiger partial charge in [-0.1, -0.05) is 36.4 Å². The van der Waals surface area contributed by atoms with Gasteiger partial charge in [-0.2, -0.15) is 0 Å². The quantitative estimate of drug-likeness (QED) is 0.943. The van der Waals surface area contributed by atoms with Gasteiger partial charge in [-0.05, 0) is 30.7 Å². The molecule has 3 rings (SSSR count). The van der Waals surface area contributed by atoms with Crippen LogP contribution in [0.4, 0.5) is 11.4 Å². The van der Waals surface area contributed by atoms with Crippen LogP contribution in [0.15, 0.2) is 54.6 Å². The summed E-state index contributed by atoms with van der Waals surface area (Å²) in [5, 5.41) is 3.19. The minimum absolute atomic E-state index is 0.165. The Morgan fingerprint density at radius 1 is 0.957 bits per heavy atom. The molecule has 2 aromatic rings. The maximum Gasteiger partial charge on any atom is 0.241 e. The Labute approximate surface area is 137 Å². The Morgan fingerprint density at radius 2 is 1.61 bits per heavy atom. The first-order valence-corrected chi connectivity index (χ1v) is 8.11. The van der Waals surface area contributed by atoms with Gasteiger partial charge in [0.25, 0.3) is 0 Å². The lowest BCUT2D eigenvalue weighted by Gasteiger charge is -2.36. The second-order valence-corrected chi connectivity index (χ2v) is 5.87. The Hall–Kier alpha value is -2.49. The average molecular weight is 309 g/mol. The smallest absolute Gasteiger partial charge is 0.241 e. The van der Waals surface area contributed by atoms with Crippen LogP contribution < -0.4 is 10.2 Å². The van der Waals surface area contributed by atoms with Gasteiger partial charge < -0.3 is 15.1 Å². The van der Waals surface area contributed by atoms with Crippen molar-refractivity contribution in [2.45, 2.75) is 6.92 Å². The van der Waals surface area contributed by atoms with Crippen molar-refractivity contribution in [1.29, 1.82) is 0 Å². The molecule has 0 radical (unpaired) electrons. The zero-order valence-electron chi connectivity index (χ0n) is 13.5. The summed E-state index contributed by atoms with van der Waals surface area (Å²) in [5.74, 6) is 0.165. The van der Waals surface area contributed by atoms with E-state index >= 15 is 0 Å². The minimum atomic E-state index is 0.165. The van der Waals surface area contributed by atoms with E-state index in [1.165, 1.54) is 11.3 Å². The molecular weight excluding hydrogens is 286 g/mol. The van der Waals surface area contributed by atoms with E-state index in [2.05, 4.69) is 41.4 Å². The van der Waals surface area contributed by atoms with Crippen molar-refractivity contribution in [3.8, 4) is 0 Å². The molecule has 1 fully saturated rings. The summed E-state index contributed by atoms with van der Waals surface area (Å²) in [7, 11) is 0. The number of benzene rings is 2. The summed E-state index contributed by atoms with van der Waals surface area (Å²) in [6, 6.07) is 18.3. The summed E-state index contributed by atoms with van der Waals surface area (Å²) < 4.78 is 0. The molecule has 1 aliphatic heterocycles. The summed E-state index contributed by atoms with van der Waals surface area (Å²) in [4.78, 5) is 16.6. The molecule has 120 valence electrons. The SMILES string of the molecule is Cc1ccccc1N1CCN(C(=O)CNc2ccccc2)CC1. The number of hydrogen-bond acceptors (Lipinski definition) is 3. The van der Waals surface area contributed by atoms with Crippen molar-refractivity contribution in [2.24, 2.45) is 0 Å². The largest absolute Gasteiger partial charge is 0.376 e. The summed E-state index contributed by atoms with van der Waals surface area (Å²) in [6.07, 6.45) is 0. The number of nitrogens with zero attached hydrogens (tertiary/aromatic N) is 2. The zero-order chi connectivity index (χ0) is 16.1.